The fourth-order valence-corrected chi connectivity index (χ4v) is 4.53. The lowest BCUT2D eigenvalue weighted by Crippen LogP contribution is -2.56. The van der Waals surface area contributed by atoms with Crippen LogP contribution in [0.1, 0.15) is 65.0 Å². The second-order valence-electron chi connectivity index (χ2n) is 10.6. The average Bonchev–Trinajstić information content (AvgIpc) is 2.74. The smallest absolute Gasteiger partial charge is 0.410 e. The van der Waals surface area contributed by atoms with Crippen molar-refractivity contribution in [3.8, 4) is 0 Å². The fourth-order valence-electron chi connectivity index (χ4n) is 4.12. The van der Waals surface area contributed by atoms with E-state index in [0.29, 0.717) is 32.6 Å². The Morgan fingerprint density at radius 1 is 1.03 bits per heavy atom. The highest BCUT2D eigenvalue weighted by atomic mass is 79.9. The van der Waals surface area contributed by atoms with Crippen LogP contribution < -0.4 is 0 Å². The summed E-state index contributed by atoms with van der Waals surface area (Å²) in [5, 5.41) is 0. The number of carbonyl (C=O) groups excluding carboxylic acids is 2. The molecule has 0 saturated carbocycles. The molecule has 0 bridgehead atoms. The molecular formula is C24H35BrN2O4. The van der Waals surface area contributed by atoms with Crippen LogP contribution in [0.4, 0.5) is 4.79 Å². The standard InChI is InChI=1S/C24H35BrN2O4/c1-23(2,3)30-19-14-27(15-19)21(28)12-17-13-26(22(29)31-24(4,5)6)10-9-16-11-18(25)7-8-20(16)17/h7-8,11,17,19H,9-10,12-15H2,1-6H3. The number of hydrogen-bond acceptors (Lipinski definition) is 4. The molecular weight excluding hydrogens is 460 g/mol. The van der Waals surface area contributed by atoms with Crippen LogP contribution in [-0.2, 0) is 20.7 Å². The minimum Gasteiger partial charge on any atom is -0.444 e. The average molecular weight is 495 g/mol. The normalized spacial score (nSPS) is 20.0. The maximum absolute atomic E-state index is 13.0. The maximum Gasteiger partial charge on any atom is 0.410 e. The Hall–Kier alpha value is -1.60. The number of benzene rings is 1. The third kappa shape index (κ3) is 6.69. The van der Waals surface area contributed by atoms with Crippen LogP contribution in [0.5, 0.6) is 0 Å². The van der Waals surface area contributed by atoms with Crippen LogP contribution in [0.2, 0.25) is 0 Å². The Morgan fingerprint density at radius 3 is 2.32 bits per heavy atom. The van der Waals surface area contributed by atoms with E-state index >= 15 is 0 Å². The molecule has 2 amide bonds. The van der Waals surface area contributed by atoms with Crippen molar-refractivity contribution in [2.45, 2.75) is 77.6 Å². The summed E-state index contributed by atoms with van der Waals surface area (Å²) >= 11 is 3.55. The number of carbonyl (C=O) groups is 2. The number of rotatable bonds is 3. The van der Waals surface area contributed by atoms with Crippen molar-refractivity contribution in [3.05, 3.63) is 33.8 Å². The third-order valence-electron chi connectivity index (χ3n) is 5.43. The van der Waals surface area contributed by atoms with E-state index in [-0.39, 0.29) is 29.6 Å². The summed E-state index contributed by atoms with van der Waals surface area (Å²) in [4.78, 5) is 29.4. The highest BCUT2D eigenvalue weighted by Gasteiger charge is 2.36. The monoisotopic (exact) mass is 494 g/mol. The molecule has 0 aliphatic carbocycles. The van der Waals surface area contributed by atoms with Gasteiger partial charge in [-0.1, -0.05) is 22.0 Å². The quantitative estimate of drug-likeness (QED) is 0.608. The van der Waals surface area contributed by atoms with Gasteiger partial charge in [-0.15, -0.1) is 0 Å². The summed E-state index contributed by atoms with van der Waals surface area (Å²) in [6.45, 7) is 14.0. The van der Waals surface area contributed by atoms with Crippen LogP contribution >= 0.6 is 15.9 Å². The maximum atomic E-state index is 13.0. The summed E-state index contributed by atoms with van der Waals surface area (Å²) in [6, 6.07) is 6.19. The van der Waals surface area contributed by atoms with Crippen LogP contribution in [-0.4, -0.2) is 65.3 Å². The first-order valence-electron chi connectivity index (χ1n) is 11.0. The first-order chi connectivity index (χ1) is 14.3. The van der Waals surface area contributed by atoms with Crippen LogP contribution in [0.15, 0.2) is 22.7 Å². The fraction of sp³-hybridized carbons (Fsp3) is 0.667. The van der Waals surface area contributed by atoms with Gasteiger partial charge in [0.25, 0.3) is 0 Å². The van der Waals surface area contributed by atoms with Gasteiger partial charge in [-0.2, -0.15) is 0 Å². The van der Waals surface area contributed by atoms with E-state index in [1.165, 1.54) is 5.56 Å². The molecule has 6 nitrogen and oxygen atoms in total. The molecule has 2 heterocycles. The summed E-state index contributed by atoms with van der Waals surface area (Å²) < 4.78 is 12.6. The third-order valence-corrected chi connectivity index (χ3v) is 5.92. The van der Waals surface area contributed by atoms with Crippen LogP contribution in [0, 0.1) is 0 Å². The lowest BCUT2D eigenvalue weighted by molar-refractivity contribution is -0.157. The van der Waals surface area contributed by atoms with Crippen molar-refractivity contribution >= 4 is 27.9 Å². The molecule has 2 aliphatic rings. The van der Waals surface area contributed by atoms with Crippen molar-refractivity contribution in [2.24, 2.45) is 0 Å². The molecule has 172 valence electrons. The first-order valence-corrected chi connectivity index (χ1v) is 11.8. The van der Waals surface area contributed by atoms with Gasteiger partial charge >= 0.3 is 6.09 Å². The SMILES string of the molecule is CC(C)(C)OC(=O)N1CCc2cc(Br)ccc2C(CC(=O)N2CC(OC(C)(C)C)C2)C1. The van der Waals surface area contributed by atoms with Gasteiger partial charge in [-0.05, 0) is 71.2 Å². The number of hydrogen-bond donors (Lipinski definition) is 0. The molecule has 1 aromatic rings. The van der Waals surface area contributed by atoms with E-state index in [2.05, 4.69) is 28.1 Å². The second kappa shape index (κ2) is 9.10. The minimum atomic E-state index is -0.551. The Morgan fingerprint density at radius 2 is 1.71 bits per heavy atom. The Labute approximate surface area is 194 Å². The van der Waals surface area contributed by atoms with Gasteiger partial charge in [-0.3, -0.25) is 4.79 Å². The number of ether oxygens (including phenoxy) is 2. The molecule has 0 N–H and O–H groups in total. The van der Waals surface area contributed by atoms with Gasteiger partial charge in [0.2, 0.25) is 5.91 Å². The zero-order chi connectivity index (χ0) is 23.0. The molecule has 1 aromatic carbocycles. The van der Waals surface area contributed by atoms with Gasteiger partial charge in [0, 0.05) is 43.0 Å². The zero-order valence-electron chi connectivity index (χ0n) is 19.5. The van der Waals surface area contributed by atoms with Crippen molar-refractivity contribution in [1.82, 2.24) is 9.80 Å². The molecule has 1 saturated heterocycles. The summed E-state index contributed by atoms with van der Waals surface area (Å²) in [5.41, 5.74) is 1.56. The Kier molecular flexibility index (Phi) is 7.06. The molecule has 7 heteroatoms. The number of nitrogens with zero attached hydrogens (tertiary/aromatic N) is 2. The highest BCUT2D eigenvalue weighted by molar-refractivity contribution is 9.10. The van der Waals surface area contributed by atoms with Crippen molar-refractivity contribution in [3.63, 3.8) is 0 Å². The van der Waals surface area contributed by atoms with Gasteiger partial charge in [-0.25, -0.2) is 4.79 Å². The van der Waals surface area contributed by atoms with Crippen molar-refractivity contribution < 1.29 is 19.1 Å². The van der Waals surface area contributed by atoms with Crippen LogP contribution in [0.25, 0.3) is 0 Å². The van der Waals surface area contributed by atoms with Gasteiger partial charge in [0.05, 0.1) is 11.7 Å². The second-order valence-corrected chi connectivity index (χ2v) is 11.5. The lowest BCUT2D eigenvalue weighted by Gasteiger charge is -2.42. The highest BCUT2D eigenvalue weighted by Crippen LogP contribution is 2.32. The predicted molar refractivity (Wildman–Crippen MR) is 124 cm³/mol. The molecule has 2 aliphatic heterocycles. The predicted octanol–water partition coefficient (Wildman–Crippen LogP) is 4.74. The van der Waals surface area contributed by atoms with Crippen molar-refractivity contribution in [2.75, 3.05) is 26.2 Å². The topological polar surface area (TPSA) is 59.1 Å². The van der Waals surface area contributed by atoms with E-state index in [9.17, 15) is 9.59 Å². The van der Waals surface area contributed by atoms with Crippen molar-refractivity contribution in [1.29, 1.82) is 0 Å². The van der Waals surface area contributed by atoms with Gasteiger partial charge in [0.15, 0.2) is 0 Å². The number of likely N-dealkylation sites (tertiary alicyclic amines) is 1. The molecule has 0 spiro atoms. The first kappa shape index (κ1) is 24.1. The lowest BCUT2D eigenvalue weighted by atomic mass is 9.90. The van der Waals surface area contributed by atoms with Gasteiger partial charge < -0.3 is 19.3 Å². The molecule has 0 aromatic heterocycles. The minimum absolute atomic E-state index is 0.0618. The number of amides is 2. The Bertz CT molecular complexity index is 822. The van der Waals surface area contributed by atoms with E-state index in [0.717, 1.165) is 16.5 Å². The number of halogens is 1. The summed E-state index contributed by atoms with van der Waals surface area (Å²) in [5.74, 6) is 0.0480. The number of fused-ring (bicyclic) bond motifs is 1. The largest absolute Gasteiger partial charge is 0.444 e. The zero-order valence-corrected chi connectivity index (χ0v) is 21.1. The van der Waals surface area contributed by atoms with E-state index < -0.39 is 5.60 Å². The van der Waals surface area contributed by atoms with E-state index in [1.54, 1.807) is 4.90 Å². The molecule has 1 unspecified atom stereocenters. The van der Waals surface area contributed by atoms with Crippen LogP contribution in [0.3, 0.4) is 0 Å². The molecule has 1 fully saturated rings. The molecule has 1 atom stereocenters. The summed E-state index contributed by atoms with van der Waals surface area (Å²) in [7, 11) is 0. The molecule has 0 radical (unpaired) electrons. The summed E-state index contributed by atoms with van der Waals surface area (Å²) in [6.07, 6.45) is 0.888. The molecule has 3 rings (SSSR count). The Balaban J connectivity index is 1.71. The van der Waals surface area contributed by atoms with E-state index in [4.69, 9.17) is 9.47 Å². The molecule has 31 heavy (non-hydrogen) atoms. The van der Waals surface area contributed by atoms with Gasteiger partial charge in [0.1, 0.15) is 5.60 Å². The van der Waals surface area contributed by atoms with E-state index in [1.807, 2.05) is 52.5 Å².